The number of hydrogen-bond donors (Lipinski definition) is 0. The van der Waals surface area contributed by atoms with Crippen LogP contribution in [0.25, 0.3) is 0 Å². The van der Waals surface area contributed by atoms with Crippen LogP contribution in [0.2, 0.25) is 0 Å². The van der Waals surface area contributed by atoms with Gasteiger partial charge in [0, 0.05) is 6.42 Å². The van der Waals surface area contributed by atoms with Crippen molar-refractivity contribution in [3.05, 3.63) is 0 Å². The lowest BCUT2D eigenvalue weighted by molar-refractivity contribution is -0.149. The van der Waals surface area contributed by atoms with Crippen molar-refractivity contribution in [1.29, 1.82) is 0 Å². The van der Waals surface area contributed by atoms with Gasteiger partial charge in [0.05, 0.1) is 43.5 Å². The molecule has 4 aliphatic rings. The Hall–Kier alpha value is -1.14. The van der Waals surface area contributed by atoms with Crippen molar-refractivity contribution in [2.24, 2.45) is 11.8 Å². The van der Waals surface area contributed by atoms with Crippen molar-refractivity contribution >= 4 is 11.9 Å². The highest BCUT2D eigenvalue weighted by Gasteiger charge is 2.46. The summed E-state index contributed by atoms with van der Waals surface area (Å²) >= 11 is 0. The molecule has 4 rings (SSSR count). The van der Waals surface area contributed by atoms with Crippen LogP contribution in [-0.2, 0) is 28.5 Å². The number of esters is 2. The first-order chi connectivity index (χ1) is 12.2. The zero-order valence-corrected chi connectivity index (χ0v) is 14.7. The fourth-order valence-electron chi connectivity index (χ4n) is 4.20. The minimum absolute atomic E-state index is 0.000691. The maximum atomic E-state index is 12.0. The first-order valence-corrected chi connectivity index (χ1v) is 9.82. The van der Waals surface area contributed by atoms with E-state index >= 15 is 0 Å². The van der Waals surface area contributed by atoms with Gasteiger partial charge < -0.3 is 18.9 Å². The van der Waals surface area contributed by atoms with Crippen molar-refractivity contribution in [3.8, 4) is 0 Å². The Bertz CT molecular complexity index is 506. The van der Waals surface area contributed by atoms with Crippen LogP contribution in [0.1, 0.15) is 57.8 Å². The summed E-state index contributed by atoms with van der Waals surface area (Å²) in [5, 5.41) is 0. The van der Waals surface area contributed by atoms with Crippen molar-refractivity contribution in [2.75, 3.05) is 13.2 Å². The maximum absolute atomic E-state index is 12.0. The monoisotopic (exact) mass is 352 g/mol. The van der Waals surface area contributed by atoms with Gasteiger partial charge in [0.1, 0.15) is 0 Å². The minimum atomic E-state index is -0.144. The molecule has 2 aliphatic heterocycles. The lowest BCUT2D eigenvalue weighted by Gasteiger charge is -2.18. The number of carbonyl (C=O) groups is 2. The lowest BCUT2D eigenvalue weighted by atomic mass is 9.89. The van der Waals surface area contributed by atoms with Crippen molar-refractivity contribution in [3.63, 3.8) is 0 Å². The average Bonchev–Trinajstić information content (AvgIpc) is 3.52. The second kappa shape index (κ2) is 7.62. The molecule has 6 heteroatoms. The van der Waals surface area contributed by atoms with Gasteiger partial charge in [-0.2, -0.15) is 0 Å². The Morgan fingerprint density at radius 1 is 0.840 bits per heavy atom. The Morgan fingerprint density at radius 2 is 1.60 bits per heavy atom. The average molecular weight is 352 g/mol. The molecule has 0 N–H and O–H groups in total. The van der Waals surface area contributed by atoms with E-state index in [0.29, 0.717) is 62.8 Å². The zero-order chi connectivity index (χ0) is 17.2. The molecule has 2 heterocycles. The molecule has 4 fully saturated rings. The van der Waals surface area contributed by atoms with E-state index in [1.54, 1.807) is 0 Å². The van der Waals surface area contributed by atoms with Crippen LogP contribution >= 0.6 is 0 Å². The van der Waals surface area contributed by atoms with Crippen LogP contribution in [0.5, 0.6) is 0 Å². The smallest absolute Gasteiger partial charge is 0.309 e. The van der Waals surface area contributed by atoms with Gasteiger partial charge in [-0.05, 0) is 57.3 Å². The number of epoxide rings is 2. The first kappa shape index (κ1) is 17.3. The normalized spacial score (nSPS) is 38.2. The van der Waals surface area contributed by atoms with Crippen molar-refractivity contribution in [1.82, 2.24) is 0 Å². The van der Waals surface area contributed by atoms with E-state index in [4.69, 9.17) is 18.9 Å². The van der Waals surface area contributed by atoms with Gasteiger partial charge >= 0.3 is 11.9 Å². The van der Waals surface area contributed by atoms with Crippen molar-refractivity contribution < 1.29 is 28.5 Å². The predicted octanol–water partition coefficient (Wildman–Crippen LogP) is 2.38. The topological polar surface area (TPSA) is 77.7 Å². The summed E-state index contributed by atoms with van der Waals surface area (Å²) in [5.74, 6) is 0.210. The molecule has 2 saturated carbocycles. The van der Waals surface area contributed by atoms with Gasteiger partial charge in [-0.15, -0.1) is 0 Å². The van der Waals surface area contributed by atoms with Gasteiger partial charge in [-0.25, -0.2) is 0 Å². The van der Waals surface area contributed by atoms with Gasteiger partial charge in [0.25, 0.3) is 0 Å². The van der Waals surface area contributed by atoms with E-state index in [0.717, 1.165) is 38.5 Å². The maximum Gasteiger partial charge on any atom is 0.309 e. The molecule has 0 aromatic rings. The highest BCUT2D eigenvalue weighted by Crippen LogP contribution is 2.40. The summed E-state index contributed by atoms with van der Waals surface area (Å²) in [5.41, 5.74) is 0. The number of rotatable bonds is 8. The number of ether oxygens (including phenoxy) is 4. The van der Waals surface area contributed by atoms with Gasteiger partial charge in [-0.1, -0.05) is 0 Å². The van der Waals surface area contributed by atoms with E-state index in [9.17, 15) is 9.59 Å². The van der Waals surface area contributed by atoms with Crippen LogP contribution in [0.4, 0.5) is 0 Å². The molecule has 2 saturated heterocycles. The van der Waals surface area contributed by atoms with Crippen molar-refractivity contribution in [2.45, 2.75) is 82.2 Å². The van der Waals surface area contributed by atoms with Crippen LogP contribution in [0.15, 0.2) is 0 Å². The second-order valence-corrected chi connectivity index (χ2v) is 7.92. The standard InChI is InChI=1S/C19H28O6/c20-18(23-11-12-4-6-14-16(9-12)24-14)3-1-2-8-22-19(21)13-5-7-15-17(10-13)25-15/h12-17H,1-11H2. The number of fused-ring (bicyclic) bond motifs is 2. The van der Waals surface area contributed by atoms with Gasteiger partial charge in [0.2, 0.25) is 0 Å². The van der Waals surface area contributed by atoms with Gasteiger partial charge in [0.15, 0.2) is 0 Å². The molecule has 140 valence electrons. The number of unbranched alkanes of at least 4 members (excludes halogenated alkanes) is 1. The fourth-order valence-corrected chi connectivity index (χ4v) is 4.20. The van der Waals surface area contributed by atoms with E-state index in [1.165, 1.54) is 0 Å². The molecule has 2 aliphatic carbocycles. The van der Waals surface area contributed by atoms with Crippen LogP contribution in [0, 0.1) is 11.8 Å². The Morgan fingerprint density at radius 3 is 2.36 bits per heavy atom. The predicted molar refractivity (Wildman–Crippen MR) is 87.8 cm³/mol. The summed E-state index contributed by atoms with van der Waals surface area (Å²) in [7, 11) is 0. The SMILES string of the molecule is O=C(CCCCOC(=O)C1CCC2OC2C1)OCC1CCC2OC2C1. The molecule has 6 atom stereocenters. The highest BCUT2D eigenvalue weighted by molar-refractivity contribution is 5.72. The highest BCUT2D eigenvalue weighted by atomic mass is 16.6. The molecule has 6 nitrogen and oxygen atoms in total. The lowest BCUT2D eigenvalue weighted by Crippen LogP contribution is -2.24. The first-order valence-electron chi connectivity index (χ1n) is 9.82. The summed E-state index contributed by atoms with van der Waals surface area (Å²) < 4.78 is 21.6. The Labute approximate surface area is 148 Å². The largest absolute Gasteiger partial charge is 0.465 e. The van der Waals surface area contributed by atoms with E-state index in [2.05, 4.69) is 0 Å². The molecule has 0 aromatic heterocycles. The molecule has 0 spiro atoms. The Kier molecular flexibility index (Phi) is 5.27. The third kappa shape index (κ3) is 4.73. The van der Waals surface area contributed by atoms with Gasteiger partial charge in [-0.3, -0.25) is 9.59 Å². The van der Waals surface area contributed by atoms with Crippen LogP contribution < -0.4 is 0 Å². The number of hydrogen-bond acceptors (Lipinski definition) is 6. The molecular weight excluding hydrogens is 324 g/mol. The molecule has 0 amide bonds. The zero-order valence-electron chi connectivity index (χ0n) is 14.7. The van der Waals surface area contributed by atoms with E-state index in [1.807, 2.05) is 0 Å². The molecule has 0 bridgehead atoms. The second-order valence-electron chi connectivity index (χ2n) is 7.92. The molecule has 25 heavy (non-hydrogen) atoms. The summed E-state index contributed by atoms with van der Waals surface area (Å²) in [6, 6.07) is 0. The third-order valence-electron chi connectivity index (χ3n) is 5.95. The minimum Gasteiger partial charge on any atom is -0.465 e. The summed E-state index contributed by atoms with van der Waals surface area (Å²) in [4.78, 5) is 23.8. The molecular formula is C19H28O6. The summed E-state index contributed by atoms with van der Waals surface area (Å²) in [6.45, 7) is 0.910. The Balaban J connectivity index is 1.01. The summed E-state index contributed by atoms with van der Waals surface area (Å²) in [6.07, 6.45) is 9.30. The third-order valence-corrected chi connectivity index (χ3v) is 5.95. The van der Waals surface area contributed by atoms with E-state index < -0.39 is 0 Å². The van der Waals surface area contributed by atoms with Crippen LogP contribution in [-0.4, -0.2) is 49.6 Å². The molecule has 0 radical (unpaired) electrons. The number of carbonyl (C=O) groups excluding carboxylic acids is 2. The fraction of sp³-hybridized carbons (Fsp3) is 0.895. The molecule has 6 unspecified atom stereocenters. The molecule has 0 aromatic carbocycles. The van der Waals surface area contributed by atoms with Crippen LogP contribution in [0.3, 0.4) is 0 Å². The van der Waals surface area contributed by atoms with E-state index in [-0.39, 0.29) is 17.9 Å². The quantitative estimate of drug-likeness (QED) is 0.379.